The van der Waals surface area contributed by atoms with Crippen molar-refractivity contribution in [3.05, 3.63) is 63.0 Å². The largest absolute Gasteiger partial charge is 0.494 e. The zero-order valence-electron chi connectivity index (χ0n) is 18.0. The van der Waals surface area contributed by atoms with Crippen LogP contribution in [0.25, 0.3) is 6.08 Å². The SMILES string of the molecule is Cl.O=C1/C(=C/c2ccc(Cl)c(Cl)c2)SC(=S)N1c1ccc(OCCCN2CCCCC2)cc1. The van der Waals surface area contributed by atoms with Crippen LogP contribution in [0.2, 0.25) is 10.0 Å². The molecule has 2 aliphatic heterocycles. The molecular formula is C24H25Cl3N2O2S2. The average Bonchev–Trinajstić information content (AvgIpc) is 3.08. The summed E-state index contributed by atoms with van der Waals surface area (Å²) in [4.78, 5) is 17.6. The van der Waals surface area contributed by atoms with Crippen molar-refractivity contribution in [3.63, 3.8) is 0 Å². The van der Waals surface area contributed by atoms with Gasteiger partial charge in [-0.05, 0) is 80.4 Å². The molecule has 33 heavy (non-hydrogen) atoms. The first-order valence-corrected chi connectivity index (χ1v) is 12.7. The van der Waals surface area contributed by atoms with Crippen LogP contribution >= 0.6 is 59.6 Å². The van der Waals surface area contributed by atoms with Gasteiger partial charge in [0.05, 0.1) is 27.2 Å². The first-order valence-electron chi connectivity index (χ1n) is 10.7. The lowest BCUT2D eigenvalue weighted by molar-refractivity contribution is -0.113. The van der Waals surface area contributed by atoms with E-state index in [1.165, 1.54) is 44.1 Å². The molecule has 0 N–H and O–H groups in total. The zero-order valence-corrected chi connectivity index (χ0v) is 21.9. The molecule has 9 heteroatoms. The molecule has 2 fully saturated rings. The van der Waals surface area contributed by atoms with Gasteiger partial charge in [-0.1, -0.05) is 59.7 Å². The molecule has 4 nitrogen and oxygen atoms in total. The Hall–Kier alpha value is -1.28. The lowest BCUT2D eigenvalue weighted by Gasteiger charge is -2.26. The number of halogens is 3. The molecule has 0 spiro atoms. The van der Waals surface area contributed by atoms with Crippen LogP contribution in [0.1, 0.15) is 31.2 Å². The van der Waals surface area contributed by atoms with Crippen molar-refractivity contribution in [2.24, 2.45) is 0 Å². The Labute approximate surface area is 220 Å². The fraction of sp³-hybridized carbons (Fsp3) is 0.333. The number of likely N-dealkylation sites (tertiary alicyclic amines) is 1. The third kappa shape index (κ3) is 6.87. The highest BCUT2D eigenvalue weighted by atomic mass is 35.5. The number of anilines is 1. The Kier molecular flexibility index (Phi) is 9.92. The maximum absolute atomic E-state index is 13.0. The third-order valence-corrected chi connectivity index (χ3v) is 7.51. The Morgan fingerprint density at radius 2 is 1.76 bits per heavy atom. The zero-order chi connectivity index (χ0) is 22.5. The molecule has 0 aliphatic carbocycles. The second kappa shape index (κ2) is 12.4. The molecule has 0 aromatic heterocycles. The van der Waals surface area contributed by atoms with Crippen molar-refractivity contribution in [1.82, 2.24) is 4.90 Å². The normalized spacial score (nSPS) is 18.0. The Morgan fingerprint density at radius 3 is 2.45 bits per heavy atom. The van der Waals surface area contributed by atoms with Crippen molar-refractivity contribution < 1.29 is 9.53 Å². The van der Waals surface area contributed by atoms with Crippen LogP contribution in [0.5, 0.6) is 5.75 Å². The minimum Gasteiger partial charge on any atom is -0.494 e. The van der Waals surface area contributed by atoms with Crippen molar-refractivity contribution in [2.45, 2.75) is 25.7 Å². The number of hydrogen-bond acceptors (Lipinski definition) is 5. The molecule has 176 valence electrons. The van der Waals surface area contributed by atoms with E-state index in [0.29, 0.717) is 25.9 Å². The molecule has 0 unspecified atom stereocenters. The topological polar surface area (TPSA) is 32.8 Å². The highest BCUT2D eigenvalue weighted by Crippen LogP contribution is 2.37. The molecule has 2 aliphatic rings. The van der Waals surface area contributed by atoms with Crippen LogP contribution in [0.3, 0.4) is 0 Å². The van der Waals surface area contributed by atoms with Gasteiger partial charge < -0.3 is 9.64 Å². The summed E-state index contributed by atoms with van der Waals surface area (Å²) in [6.07, 6.45) is 6.76. The van der Waals surface area contributed by atoms with E-state index in [1.54, 1.807) is 23.1 Å². The van der Waals surface area contributed by atoms with Crippen LogP contribution in [0, 0.1) is 0 Å². The molecule has 2 heterocycles. The van der Waals surface area contributed by atoms with E-state index in [2.05, 4.69) is 4.90 Å². The second-order valence-electron chi connectivity index (χ2n) is 7.79. The fourth-order valence-corrected chi connectivity index (χ4v) is 5.40. The first kappa shape index (κ1) is 26.3. The maximum Gasteiger partial charge on any atom is 0.270 e. The number of amides is 1. The van der Waals surface area contributed by atoms with Gasteiger partial charge in [0.25, 0.3) is 5.91 Å². The summed E-state index contributed by atoms with van der Waals surface area (Å²) >= 11 is 18.8. The number of ether oxygens (including phenoxy) is 1. The summed E-state index contributed by atoms with van der Waals surface area (Å²) in [5.74, 6) is 0.644. The van der Waals surface area contributed by atoms with E-state index in [0.717, 1.165) is 30.0 Å². The molecule has 2 aromatic rings. The standard InChI is InChI=1S/C24H24Cl2N2O2S2.ClH/c25-20-10-5-17(15-21(20)26)16-22-23(29)28(24(31)32-22)18-6-8-19(9-7-18)30-14-4-13-27-11-2-1-3-12-27;/h5-10,15-16H,1-4,11-14H2;1H/b22-16-;. The fourth-order valence-electron chi connectivity index (χ4n) is 3.80. The van der Waals surface area contributed by atoms with E-state index in [4.69, 9.17) is 40.2 Å². The van der Waals surface area contributed by atoms with Crippen LogP contribution < -0.4 is 9.64 Å². The monoisotopic (exact) mass is 542 g/mol. The summed E-state index contributed by atoms with van der Waals surface area (Å²) in [7, 11) is 0. The first-order chi connectivity index (χ1) is 15.5. The highest BCUT2D eigenvalue weighted by molar-refractivity contribution is 8.27. The van der Waals surface area contributed by atoms with Crippen LogP contribution in [-0.2, 0) is 4.79 Å². The summed E-state index contributed by atoms with van der Waals surface area (Å²) in [6.45, 7) is 4.18. The quantitative estimate of drug-likeness (QED) is 0.212. The predicted molar refractivity (Wildman–Crippen MR) is 146 cm³/mol. The lowest BCUT2D eigenvalue weighted by atomic mass is 10.1. The lowest BCUT2D eigenvalue weighted by Crippen LogP contribution is -2.31. The summed E-state index contributed by atoms with van der Waals surface area (Å²) < 4.78 is 6.38. The molecule has 1 amide bonds. The van der Waals surface area contributed by atoms with Gasteiger partial charge in [0.2, 0.25) is 0 Å². The highest BCUT2D eigenvalue weighted by Gasteiger charge is 2.33. The molecule has 0 atom stereocenters. The van der Waals surface area contributed by atoms with E-state index in [-0.39, 0.29) is 18.3 Å². The van der Waals surface area contributed by atoms with Gasteiger partial charge in [0, 0.05) is 6.54 Å². The average molecular weight is 544 g/mol. The molecule has 2 saturated heterocycles. The van der Waals surface area contributed by atoms with Crippen molar-refractivity contribution in [3.8, 4) is 5.75 Å². The summed E-state index contributed by atoms with van der Waals surface area (Å²) in [5.41, 5.74) is 1.53. The van der Waals surface area contributed by atoms with Gasteiger partial charge in [-0.2, -0.15) is 0 Å². The van der Waals surface area contributed by atoms with Gasteiger partial charge in [0.1, 0.15) is 5.75 Å². The Balaban J connectivity index is 0.00000306. The Bertz CT molecular complexity index is 1020. The number of piperidine rings is 1. The number of thioether (sulfide) groups is 1. The molecule has 0 radical (unpaired) electrons. The number of nitrogens with zero attached hydrogens (tertiary/aromatic N) is 2. The number of benzene rings is 2. The molecule has 2 aromatic carbocycles. The minimum atomic E-state index is -0.152. The number of carbonyl (C=O) groups is 1. The van der Waals surface area contributed by atoms with Gasteiger partial charge >= 0.3 is 0 Å². The summed E-state index contributed by atoms with van der Waals surface area (Å²) in [5, 5.41) is 0.924. The van der Waals surface area contributed by atoms with Gasteiger partial charge in [-0.25, -0.2) is 0 Å². The molecule has 4 rings (SSSR count). The van der Waals surface area contributed by atoms with Crippen LogP contribution in [0.4, 0.5) is 5.69 Å². The van der Waals surface area contributed by atoms with Gasteiger partial charge in [0.15, 0.2) is 4.32 Å². The van der Waals surface area contributed by atoms with Crippen molar-refractivity contribution >= 4 is 81.6 Å². The van der Waals surface area contributed by atoms with E-state index < -0.39 is 0 Å². The van der Waals surface area contributed by atoms with E-state index in [1.807, 2.05) is 30.3 Å². The number of rotatable bonds is 7. The molecular weight excluding hydrogens is 519 g/mol. The number of hydrogen-bond donors (Lipinski definition) is 0. The minimum absolute atomic E-state index is 0. The van der Waals surface area contributed by atoms with Crippen molar-refractivity contribution in [1.29, 1.82) is 0 Å². The van der Waals surface area contributed by atoms with Crippen LogP contribution in [0.15, 0.2) is 47.4 Å². The van der Waals surface area contributed by atoms with E-state index >= 15 is 0 Å². The van der Waals surface area contributed by atoms with Gasteiger partial charge in [-0.15, -0.1) is 12.4 Å². The Morgan fingerprint density at radius 1 is 1.03 bits per heavy atom. The van der Waals surface area contributed by atoms with Crippen molar-refractivity contribution in [2.75, 3.05) is 31.1 Å². The predicted octanol–water partition coefficient (Wildman–Crippen LogP) is 7.08. The third-order valence-electron chi connectivity index (χ3n) is 5.47. The second-order valence-corrected chi connectivity index (χ2v) is 10.3. The maximum atomic E-state index is 13.0. The summed E-state index contributed by atoms with van der Waals surface area (Å²) in [6, 6.07) is 12.8. The molecule has 0 bridgehead atoms. The molecule has 0 saturated carbocycles. The number of carbonyl (C=O) groups excluding carboxylic acids is 1. The van der Waals surface area contributed by atoms with Crippen LogP contribution in [-0.4, -0.2) is 41.4 Å². The van der Waals surface area contributed by atoms with Gasteiger partial charge in [-0.3, -0.25) is 9.69 Å². The smallest absolute Gasteiger partial charge is 0.270 e. The number of thiocarbonyl (C=S) groups is 1. The van der Waals surface area contributed by atoms with E-state index in [9.17, 15) is 4.79 Å².